The third-order valence-corrected chi connectivity index (χ3v) is 5.62. The molecule has 3 aromatic rings. The first-order valence-electron chi connectivity index (χ1n) is 9.80. The number of benzene rings is 2. The van der Waals surface area contributed by atoms with E-state index in [0.717, 1.165) is 41.3 Å². The molecule has 1 aliphatic rings. The molecule has 0 saturated carbocycles. The number of fused-ring (bicyclic) bond motifs is 2. The summed E-state index contributed by atoms with van der Waals surface area (Å²) in [6.07, 6.45) is 4.37. The molecule has 0 saturated heterocycles. The Labute approximate surface area is 186 Å². The molecule has 0 spiro atoms. The molecule has 0 bridgehead atoms. The van der Waals surface area contributed by atoms with E-state index in [-0.39, 0.29) is 48.7 Å². The second-order valence-electron chi connectivity index (χ2n) is 7.28. The Morgan fingerprint density at radius 3 is 2.77 bits per heavy atom. The number of halogens is 2. The molecule has 0 aliphatic carbocycles. The molecule has 2 N–H and O–H groups in total. The van der Waals surface area contributed by atoms with Crippen LogP contribution in [0, 0.1) is 0 Å². The highest BCUT2D eigenvalue weighted by atomic mass is 35.5. The average molecular weight is 447 g/mol. The molecule has 2 amide bonds. The van der Waals surface area contributed by atoms with Crippen molar-refractivity contribution in [3.63, 3.8) is 0 Å². The fourth-order valence-corrected chi connectivity index (χ4v) is 3.96. The third-order valence-electron chi connectivity index (χ3n) is 5.38. The van der Waals surface area contributed by atoms with Gasteiger partial charge >= 0.3 is 0 Å². The van der Waals surface area contributed by atoms with Gasteiger partial charge in [-0.3, -0.25) is 14.3 Å². The van der Waals surface area contributed by atoms with Gasteiger partial charge < -0.3 is 10.6 Å². The third kappa shape index (κ3) is 4.77. The Morgan fingerprint density at radius 2 is 1.97 bits per heavy atom. The summed E-state index contributed by atoms with van der Waals surface area (Å²) in [4.78, 5) is 24.8. The van der Waals surface area contributed by atoms with Crippen LogP contribution in [0.1, 0.15) is 36.2 Å². The van der Waals surface area contributed by atoms with Gasteiger partial charge in [0.05, 0.1) is 6.04 Å². The molecule has 2 aromatic carbocycles. The lowest BCUT2D eigenvalue weighted by atomic mass is 9.99. The lowest BCUT2D eigenvalue weighted by Crippen LogP contribution is -2.42. The van der Waals surface area contributed by atoms with Crippen molar-refractivity contribution in [3.8, 4) is 0 Å². The second kappa shape index (κ2) is 9.96. The van der Waals surface area contributed by atoms with Gasteiger partial charge in [0.2, 0.25) is 11.8 Å². The number of rotatable bonds is 6. The van der Waals surface area contributed by atoms with Crippen LogP contribution >= 0.6 is 24.0 Å². The van der Waals surface area contributed by atoms with Crippen LogP contribution in [0.2, 0.25) is 0 Å². The normalized spacial score (nSPS) is 16.2. The predicted molar refractivity (Wildman–Crippen MR) is 120 cm³/mol. The Bertz CT molecular complexity index is 1040. The lowest BCUT2D eigenvalue weighted by molar-refractivity contribution is -0.126. The SMILES string of the molecule is Cl.O=C(CCl)NCC(NC(=O)C1CCCc2ccnn21)c1ccc2ccccc2c1. The number of nitrogens with zero attached hydrogens (tertiary/aromatic N) is 2. The highest BCUT2D eigenvalue weighted by molar-refractivity contribution is 6.27. The van der Waals surface area contributed by atoms with E-state index in [0.29, 0.717) is 0 Å². The number of alkyl halides is 1. The molecule has 6 nitrogen and oxygen atoms in total. The van der Waals surface area contributed by atoms with E-state index >= 15 is 0 Å². The van der Waals surface area contributed by atoms with Crippen molar-refractivity contribution < 1.29 is 9.59 Å². The van der Waals surface area contributed by atoms with E-state index in [9.17, 15) is 9.59 Å². The lowest BCUT2D eigenvalue weighted by Gasteiger charge is -2.27. The standard InChI is InChI=1S/C22H23ClN4O2.ClH/c23-13-21(28)24-14-19(17-9-8-15-4-1-2-5-16(15)12-17)26-22(29)20-7-3-6-18-10-11-25-27(18)20;/h1-2,4-5,8-12,19-20H,3,6-7,13-14H2,(H,24,28)(H,26,29);1H. The average Bonchev–Trinajstić information content (AvgIpc) is 3.24. The van der Waals surface area contributed by atoms with Crippen LogP contribution < -0.4 is 10.6 Å². The second-order valence-corrected chi connectivity index (χ2v) is 7.55. The van der Waals surface area contributed by atoms with E-state index in [1.807, 2.05) is 53.2 Å². The maximum atomic E-state index is 13.1. The number of aryl methyl sites for hydroxylation is 1. The largest absolute Gasteiger partial charge is 0.353 e. The molecule has 158 valence electrons. The monoisotopic (exact) mass is 446 g/mol. The number of hydrogen-bond donors (Lipinski definition) is 2. The first-order chi connectivity index (χ1) is 14.2. The molecule has 8 heteroatoms. The number of aromatic nitrogens is 2. The Kier molecular flexibility index (Phi) is 7.34. The summed E-state index contributed by atoms with van der Waals surface area (Å²) in [5.41, 5.74) is 2.01. The van der Waals surface area contributed by atoms with Crippen LogP contribution in [0.4, 0.5) is 0 Å². The van der Waals surface area contributed by atoms with E-state index in [1.54, 1.807) is 6.20 Å². The first kappa shape index (κ1) is 22.1. The van der Waals surface area contributed by atoms with Gasteiger partial charge in [0.1, 0.15) is 11.9 Å². The summed E-state index contributed by atoms with van der Waals surface area (Å²) in [6, 6.07) is 15.4. The van der Waals surface area contributed by atoms with E-state index < -0.39 is 0 Å². The van der Waals surface area contributed by atoms with Crippen LogP contribution in [-0.4, -0.2) is 34.0 Å². The summed E-state index contributed by atoms with van der Waals surface area (Å²) in [7, 11) is 0. The highest BCUT2D eigenvalue weighted by Gasteiger charge is 2.28. The van der Waals surface area contributed by atoms with Gasteiger partial charge in [0.25, 0.3) is 0 Å². The van der Waals surface area contributed by atoms with Gasteiger partial charge in [-0.25, -0.2) is 0 Å². The zero-order chi connectivity index (χ0) is 20.2. The van der Waals surface area contributed by atoms with Crippen LogP contribution in [0.25, 0.3) is 10.8 Å². The Hall–Kier alpha value is -2.57. The van der Waals surface area contributed by atoms with Gasteiger partial charge in [0.15, 0.2) is 0 Å². The summed E-state index contributed by atoms with van der Waals surface area (Å²) in [6.45, 7) is 0.272. The van der Waals surface area contributed by atoms with Gasteiger partial charge in [-0.15, -0.1) is 24.0 Å². The van der Waals surface area contributed by atoms with Crippen molar-refractivity contribution >= 4 is 46.6 Å². The molecule has 2 unspecified atom stereocenters. The van der Waals surface area contributed by atoms with Crippen molar-refractivity contribution in [2.24, 2.45) is 0 Å². The van der Waals surface area contributed by atoms with Crippen molar-refractivity contribution in [1.29, 1.82) is 0 Å². The molecule has 2 atom stereocenters. The highest BCUT2D eigenvalue weighted by Crippen LogP contribution is 2.26. The zero-order valence-electron chi connectivity index (χ0n) is 16.4. The number of nitrogens with one attached hydrogen (secondary N) is 2. The number of carbonyl (C=O) groups is 2. The molecule has 1 aromatic heterocycles. The van der Waals surface area contributed by atoms with Crippen molar-refractivity contribution in [3.05, 3.63) is 66.0 Å². The van der Waals surface area contributed by atoms with E-state index in [1.165, 1.54) is 0 Å². The number of amides is 2. The molecule has 1 aliphatic heterocycles. The number of hydrogen-bond acceptors (Lipinski definition) is 3. The van der Waals surface area contributed by atoms with Crippen molar-refractivity contribution in [1.82, 2.24) is 20.4 Å². The van der Waals surface area contributed by atoms with Gasteiger partial charge in [-0.05, 0) is 47.7 Å². The van der Waals surface area contributed by atoms with E-state index in [2.05, 4.69) is 15.7 Å². The fourth-order valence-electron chi connectivity index (χ4n) is 3.87. The summed E-state index contributed by atoms with van der Waals surface area (Å²) >= 11 is 5.62. The first-order valence-corrected chi connectivity index (χ1v) is 10.3. The Balaban J connectivity index is 0.00000256. The van der Waals surface area contributed by atoms with Gasteiger partial charge in [-0.1, -0.05) is 36.4 Å². The molecule has 0 radical (unpaired) electrons. The maximum Gasteiger partial charge on any atom is 0.245 e. The molecule has 4 rings (SSSR count). The maximum absolute atomic E-state index is 13.1. The smallest absolute Gasteiger partial charge is 0.245 e. The fraction of sp³-hybridized carbons (Fsp3) is 0.318. The van der Waals surface area contributed by atoms with Gasteiger partial charge in [-0.2, -0.15) is 5.10 Å². The molecule has 2 heterocycles. The van der Waals surface area contributed by atoms with Crippen molar-refractivity contribution in [2.75, 3.05) is 12.4 Å². The zero-order valence-corrected chi connectivity index (χ0v) is 18.0. The molecule has 0 fully saturated rings. The molecular weight excluding hydrogens is 423 g/mol. The van der Waals surface area contributed by atoms with Crippen LogP contribution in [0.5, 0.6) is 0 Å². The number of carbonyl (C=O) groups excluding carboxylic acids is 2. The molecular formula is C22H24Cl2N4O2. The van der Waals surface area contributed by atoms with E-state index in [4.69, 9.17) is 11.6 Å². The van der Waals surface area contributed by atoms with Crippen LogP contribution in [0.3, 0.4) is 0 Å². The van der Waals surface area contributed by atoms with Crippen molar-refractivity contribution in [2.45, 2.75) is 31.3 Å². The van der Waals surface area contributed by atoms with Crippen LogP contribution in [0.15, 0.2) is 54.7 Å². The molecule has 30 heavy (non-hydrogen) atoms. The predicted octanol–water partition coefficient (Wildman–Crippen LogP) is 3.55. The Morgan fingerprint density at radius 1 is 1.17 bits per heavy atom. The van der Waals surface area contributed by atoms with Gasteiger partial charge in [0, 0.05) is 18.4 Å². The quantitative estimate of drug-likeness (QED) is 0.568. The summed E-state index contributed by atoms with van der Waals surface area (Å²) in [5, 5.41) is 12.5. The minimum Gasteiger partial charge on any atom is -0.353 e. The summed E-state index contributed by atoms with van der Waals surface area (Å²) in [5.74, 6) is -0.468. The topological polar surface area (TPSA) is 76.0 Å². The minimum absolute atomic E-state index is 0. The van der Waals surface area contributed by atoms with Crippen LogP contribution in [-0.2, 0) is 16.0 Å². The minimum atomic E-state index is -0.361. The summed E-state index contributed by atoms with van der Waals surface area (Å²) < 4.78 is 1.81.